The Kier molecular flexibility index (Phi) is 5.15. The molecule has 0 fully saturated rings. The quantitative estimate of drug-likeness (QED) is 0.855. The summed E-state index contributed by atoms with van der Waals surface area (Å²) >= 11 is 0. The maximum absolute atomic E-state index is 14.0. The van der Waals surface area contributed by atoms with E-state index >= 15 is 0 Å². The van der Waals surface area contributed by atoms with Gasteiger partial charge in [0.25, 0.3) is 0 Å². The lowest BCUT2D eigenvalue weighted by Crippen LogP contribution is -2.42. The van der Waals surface area contributed by atoms with Crippen LogP contribution in [0.3, 0.4) is 0 Å². The number of nitrogens with zero attached hydrogens (tertiary/aromatic N) is 2. The molecule has 0 bridgehead atoms. The van der Waals surface area contributed by atoms with Crippen LogP contribution < -0.4 is 10.6 Å². The number of aryl methyl sites for hydroxylation is 1. The van der Waals surface area contributed by atoms with Gasteiger partial charge in [0.15, 0.2) is 0 Å². The molecule has 124 valence electrons. The molecular formula is C17H23FN4O. The van der Waals surface area contributed by atoms with Gasteiger partial charge in [-0.05, 0) is 18.7 Å². The summed E-state index contributed by atoms with van der Waals surface area (Å²) < 4.78 is 15.6. The van der Waals surface area contributed by atoms with E-state index in [9.17, 15) is 9.18 Å². The van der Waals surface area contributed by atoms with E-state index in [0.717, 1.165) is 5.56 Å². The van der Waals surface area contributed by atoms with Gasteiger partial charge in [-0.1, -0.05) is 32.0 Å². The van der Waals surface area contributed by atoms with E-state index in [2.05, 4.69) is 15.7 Å². The van der Waals surface area contributed by atoms with Gasteiger partial charge in [0.1, 0.15) is 11.9 Å². The lowest BCUT2D eigenvalue weighted by atomic mass is 9.84. The molecule has 0 aliphatic rings. The molecule has 2 rings (SSSR count). The monoisotopic (exact) mass is 318 g/mol. The highest BCUT2D eigenvalue weighted by atomic mass is 19.1. The molecule has 1 atom stereocenters. The van der Waals surface area contributed by atoms with Crippen LogP contribution in [0.15, 0.2) is 36.7 Å². The maximum atomic E-state index is 14.0. The summed E-state index contributed by atoms with van der Waals surface area (Å²) in [6.45, 7) is 4.15. The lowest BCUT2D eigenvalue weighted by molar-refractivity contribution is -0.123. The molecule has 23 heavy (non-hydrogen) atoms. The SMILES string of the molecule is CNC(C(=O)NCC(C)(C)c1ccccc1F)c1cnn(C)c1. The van der Waals surface area contributed by atoms with Crippen molar-refractivity contribution in [2.45, 2.75) is 25.3 Å². The van der Waals surface area contributed by atoms with Crippen LogP contribution in [0, 0.1) is 5.82 Å². The van der Waals surface area contributed by atoms with Crippen molar-refractivity contribution in [2.75, 3.05) is 13.6 Å². The van der Waals surface area contributed by atoms with Crippen molar-refractivity contribution in [2.24, 2.45) is 7.05 Å². The number of likely N-dealkylation sites (N-methyl/N-ethyl adjacent to an activating group) is 1. The third-order valence-corrected chi connectivity index (χ3v) is 3.92. The van der Waals surface area contributed by atoms with Crippen LogP contribution in [0.4, 0.5) is 4.39 Å². The van der Waals surface area contributed by atoms with Gasteiger partial charge in [0.05, 0.1) is 6.20 Å². The molecule has 0 saturated carbocycles. The van der Waals surface area contributed by atoms with Crippen molar-refractivity contribution in [1.29, 1.82) is 0 Å². The van der Waals surface area contributed by atoms with E-state index in [1.807, 2.05) is 13.8 Å². The zero-order chi connectivity index (χ0) is 17.0. The summed E-state index contributed by atoms with van der Waals surface area (Å²) in [5.41, 5.74) is 0.868. The Hall–Kier alpha value is -2.21. The minimum absolute atomic E-state index is 0.162. The second kappa shape index (κ2) is 6.91. The van der Waals surface area contributed by atoms with E-state index in [0.29, 0.717) is 12.1 Å². The van der Waals surface area contributed by atoms with Gasteiger partial charge >= 0.3 is 0 Å². The molecule has 1 aromatic heterocycles. The fourth-order valence-electron chi connectivity index (χ4n) is 2.55. The summed E-state index contributed by atoms with van der Waals surface area (Å²) in [7, 11) is 3.52. The van der Waals surface area contributed by atoms with Gasteiger partial charge < -0.3 is 10.6 Å². The number of hydrogen-bond donors (Lipinski definition) is 2. The molecule has 2 N–H and O–H groups in total. The average Bonchev–Trinajstić information content (AvgIpc) is 2.92. The zero-order valence-corrected chi connectivity index (χ0v) is 13.9. The van der Waals surface area contributed by atoms with Gasteiger partial charge in [-0.3, -0.25) is 9.48 Å². The number of nitrogens with one attached hydrogen (secondary N) is 2. The number of benzene rings is 1. The highest BCUT2D eigenvalue weighted by molar-refractivity contribution is 5.83. The largest absolute Gasteiger partial charge is 0.354 e. The minimum Gasteiger partial charge on any atom is -0.354 e. The summed E-state index contributed by atoms with van der Waals surface area (Å²) in [4.78, 5) is 12.4. The van der Waals surface area contributed by atoms with Crippen LogP contribution in [0.1, 0.15) is 31.0 Å². The fraction of sp³-hybridized carbons (Fsp3) is 0.412. The predicted molar refractivity (Wildman–Crippen MR) is 87.4 cm³/mol. The average molecular weight is 318 g/mol. The summed E-state index contributed by atoms with van der Waals surface area (Å²) in [5, 5.41) is 9.96. The number of carbonyl (C=O) groups is 1. The molecule has 0 aliphatic heterocycles. The number of amides is 1. The van der Waals surface area contributed by atoms with Gasteiger partial charge in [-0.15, -0.1) is 0 Å². The van der Waals surface area contributed by atoms with Crippen molar-refractivity contribution < 1.29 is 9.18 Å². The number of rotatable bonds is 6. The molecule has 6 heteroatoms. The second-order valence-electron chi connectivity index (χ2n) is 6.25. The summed E-state index contributed by atoms with van der Waals surface area (Å²) in [6, 6.07) is 6.16. The molecule has 1 amide bonds. The Balaban J connectivity index is 2.07. The van der Waals surface area contributed by atoms with Crippen molar-refractivity contribution in [3.8, 4) is 0 Å². The van der Waals surface area contributed by atoms with Crippen molar-refractivity contribution in [1.82, 2.24) is 20.4 Å². The second-order valence-corrected chi connectivity index (χ2v) is 6.25. The van der Waals surface area contributed by atoms with E-state index in [1.165, 1.54) is 6.07 Å². The topological polar surface area (TPSA) is 59.0 Å². The van der Waals surface area contributed by atoms with Crippen LogP contribution in [0.25, 0.3) is 0 Å². The molecule has 0 radical (unpaired) electrons. The first-order chi connectivity index (χ1) is 10.8. The molecule has 1 unspecified atom stereocenters. The van der Waals surface area contributed by atoms with E-state index in [-0.39, 0.29) is 11.7 Å². The number of aromatic nitrogens is 2. The molecule has 5 nitrogen and oxygen atoms in total. The van der Waals surface area contributed by atoms with Crippen LogP contribution in [0.5, 0.6) is 0 Å². The smallest absolute Gasteiger partial charge is 0.241 e. The van der Waals surface area contributed by atoms with E-state index in [1.54, 1.807) is 49.4 Å². The summed E-state index contributed by atoms with van der Waals surface area (Å²) in [5.74, 6) is -0.422. The molecular weight excluding hydrogens is 295 g/mol. The summed E-state index contributed by atoms with van der Waals surface area (Å²) in [6.07, 6.45) is 3.45. The highest BCUT2D eigenvalue weighted by Gasteiger charge is 2.27. The number of hydrogen-bond acceptors (Lipinski definition) is 3. The Morgan fingerprint density at radius 1 is 1.39 bits per heavy atom. The van der Waals surface area contributed by atoms with Crippen LogP contribution >= 0.6 is 0 Å². The predicted octanol–water partition coefficient (Wildman–Crippen LogP) is 1.91. The Morgan fingerprint density at radius 2 is 2.09 bits per heavy atom. The fourth-order valence-corrected chi connectivity index (χ4v) is 2.55. The zero-order valence-electron chi connectivity index (χ0n) is 13.9. The first-order valence-electron chi connectivity index (χ1n) is 7.53. The molecule has 1 aromatic carbocycles. The van der Waals surface area contributed by atoms with Gasteiger partial charge in [-0.25, -0.2) is 4.39 Å². The Bertz CT molecular complexity index is 681. The third-order valence-electron chi connectivity index (χ3n) is 3.92. The van der Waals surface area contributed by atoms with Gasteiger partial charge in [0.2, 0.25) is 5.91 Å². The van der Waals surface area contributed by atoms with Crippen molar-refractivity contribution >= 4 is 5.91 Å². The Labute approximate surface area is 135 Å². The molecule has 2 aromatic rings. The van der Waals surface area contributed by atoms with Gasteiger partial charge in [0, 0.05) is 30.8 Å². The molecule has 1 heterocycles. The normalized spacial score (nSPS) is 12.9. The number of carbonyl (C=O) groups excluding carboxylic acids is 1. The van der Waals surface area contributed by atoms with Crippen LogP contribution in [0.2, 0.25) is 0 Å². The van der Waals surface area contributed by atoms with Crippen molar-refractivity contribution in [3.05, 3.63) is 53.6 Å². The first kappa shape index (κ1) is 17.1. The third kappa shape index (κ3) is 3.96. The molecule has 0 aliphatic carbocycles. The maximum Gasteiger partial charge on any atom is 0.241 e. The first-order valence-corrected chi connectivity index (χ1v) is 7.53. The van der Waals surface area contributed by atoms with Gasteiger partial charge in [-0.2, -0.15) is 5.10 Å². The van der Waals surface area contributed by atoms with Crippen LogP contribution in [-0.4, -0.2) is 29.3 Å². The minimum atomic E-state index is -0.506. The van der Waals surface area contributed by atoms with Crippen LogP contribution in [-0.2, 0) is 17.3 Å². The molecule has 0 saturated heterocycles. The number of halogens is 1. The highest BCUT2D eigenvalue weighted by Crippen LogP contribution is 2.25. The van der Waals surface area contributed by atoms with E-state index < -0.39 is 11.5 Å². The lowest BCUT2D eigenvalue weighted by Gasteiger charge is -2.27. The Morgan fingerprint density at radius 3 is 2.65 bits per heavy atom. The molecule has 0 spiro atoms. The van der Waals surface area contributed by atoms with Crippen molar-refractivity contribution in [3.63, 3.8) is 0 Å². The standard InChI is InChI=1S/C17H23FN4O/c1-17(2,13-7-5-6-8-14(13)18)11-20-16(23)15(19-3)12-9-21-22(4)10-12/h5-10,15,19H,11H2,1-4H3,(H,20,23). The van der Waals surface area contributed by atoms with E-state index in [4.69, 9.17) is 0 Å².